The van der Waals surface area contributed by atoms with Crippen LogP contribution in [0.1, 0.15) is 39.5 Å². The molecule has 0 spiro atoms. The third kappa shape index (κ3) is 8.42. The molecule has 7 heteroatoms. The van der Waals surface area contributed by atoms with Crippen molar-refractivity contribution in [3.05, 3.63) is 0 Å². The molecule has 0 aromatic rings. The zero-order valence-corrected chi connectivity index (χ0v) is 16.8. The van der Waals surface area contributed by atoms with Crippen LogP contribution in [0, 0.1) is 0 Å². The fourth-order valence-electron chi connectivity index (χ4n) is 1.99. The normalized spacial score (nSPS) is 31.5. The van der Waals surface area contributed by atoms with Crippen LogP contribution in [-0.4, -0.2) is 86.0 Å². The van der Waals surface area contributed by atoms with Gasteiger partial charge in [-0.05, 0) is 0 Å². The van der Waals surface area contributed by atoms with Crippen molar-refractivity contribution < 1.29 is 29.9 Å². The molecule has 1 heterocycles. The Morgan fingerprint density at radius 3 is 1.91 bits per heavy atom. The number of aliphatic hydroxyl groups is 4. The van der Waals surface area contributed by atoms with Gasteiger partial charge in [0.1, 0.15) is 24.4 Å². The number of ether oxygens (including phenoxy) is 2. The Kier molecular flexibility index (Phi) is 14.3. The van der Waals surface area contributed by atoms with E-state index in [1.165, 1.54) is 32.8 Å². The van der Waals surface area contributed by atoms with Crippen LogP contribution in [0.2, 0.25) is 8.87 Å². The van der Waals surface area contributed by atoms with Gasteiger partial charge >= 0.3 is 69.5 Å². The van der Waals surface area contributed by atoms with Crippen molar-refractivity contribution >= 4 is 21.1 Å². The first-order valence-electron chi connectivity index (χ1n) is 8.07. The molecule has 4 N–H and O–H groups in total. The molecule has 2 radical (unpaired) electrons. The molecule has 0 amide bonds. The fraction of sp³-hybridized carbons (Fsp3) is 1.00. The number of methoxy groups -OCH3 is 1. The molecule has 1 aliphatic rings. The summed E-state index contributed by atoms with van der Waals surface area (Å²) in [4.78, 5) is 0. The van der Waals surface area contributed by atoms with Crippen LogP contribution in [0.4, 0.5) is 0 Å². The predicted molar refractivity (Wildman–Crippen MR) is 86.0 cm³/mol. The van der Waals surface area contributed by atoms with E-state index in [0.29, 0.717) is 0 Å². The molecule has 5 atom stereocenters. The number of unbranched alkanes of at least 4 members (excludes halogenated alkanes) is 2. The summed E-state index contributed by atoms with van der Waals surface area (Å²) < 4.78 is 12.9. The number of hydrogen-bond acceptors (Lipinski definition) is 6. The van der Waals surface area contributed by atoms with E-state index >= 15 is 0 Å². The third-order valence-electron chi connectivity index (χ3n) is 3.49. The second kappa shape index (κ2) is 13.9. The second-order valence-electron chi connectivity index (χ2n) is 5.39. The molecule has 132 valence electrons. The largest absolute Gasteiger partial charge is 0.394 e. The van der Waals surface area contributed by atoms with Crippen molar-refractivity contribution in [2.45, 2.75) is 79.1 Å². The Hall–Kier alpha value is 0.559. The van der Waals surface area contributed by atoms with Gasteiger partial charge in [-0.25, -0.2) is 0 Å². The maximum Gasteiger partial charge on any atom is 0.186 e. The van der Waals surface area contributed by atoms with Gasteiger partial charge < -0.3 is 29.9 Å². The van der Waals surface area contributed by atoms with Crippen LogP contribution in [0.5, 0.6) is 0 Å². The first-order valence-corrected chi connectivity index (χ1v) is 12.1. The summed E-state index contributed by atoms with van der Waals surface area (Å²) in [6.45, 7) is 4.14. The molecule has 22 heavy (non-hydrogen) atoms. The molecular weight excluding hydrogens is 395 g/mol. The summed E-state index contributed by atoms with van der Waals surface area (Å²) in [7, 11) is 1.30. The van der Waals surface area contributed by atoms with Gasteiger partial charge in [0.2, 0.25) is 0 Å². The predicted octanol–water partition coefficient (Wildman–Crippen LogP) is 0.560. The molecule has 1 fully saturated rings. The average molecular weight is 427 g/mol. The van der Waals surface area contributed by atoms with E-state index in [1.54, 1.807) is 8.87 Å². The molecule has 0 aromatic heterocycles. The number of rotatable bonds is 8. The van der Waals surface area contributed by atoms with Crippen LogP contribution < -0.4 is 0 Å². The van der Waals surface area contributed by atoms with E-state index in [2.05, 4.69) is 13.8 Å². The molecule has 1 saturated heterocycles. The maximum atomic E-state index is 9.28. The van der Waals surface area contributed by atoms with Crippen molar-refractivity contribution in [3.63, 3.8) is 0 Å². The minimum absolute atomic E-state index is 0.149. The van der Waals surface area contributed by atoms with Crippen molar-refractivity contribution in [3.8, 4) is 0 Å². The quantitative estimate of drug-likeness (QED) is 0.334. The van der Waals surface area contributed by atoms with Crippen LogP contribution >= 0.6 is 0 Å². The van der Waals surface area contributed by atoms with Crippen LogP contribution in [-0.2, 0) is 9.47 Å². The summed E-state index contributed by atoms with van der Waals surface area (Å²) in [6, 6.07) is 0. The molecule has 0 bridgehead atoms. The van der Waals surface area contributed by atoms with Gasteiger partial charge in [-0.1, -0.05) is 0 Å². The first-order chi connectivity index (χ1) is 10.5. The van der Waals surface area contributed by atoms with Crippen molar-refractivity contribution in [2.24, 2.45) is 0 Å². The summed E-state index contributed by atoms with van der Waals surface area (Å²) >= 11 is 0.149. The smallest absolute Gasteiger partial charge is 0.186 e. The topological polar surface area (TPSA) is 99.4 Å². The Balaban J connectivity index is 0.000000433. The minimum atomic E-state index is -1.36. The molecule has 1 aliphatic heterocycles. The number of hydrogen-bond donors (Lipinski definition) is 4. The van der Waals surface area contributed by atoms with Crippen LogP contribution in [0.25, 0.3) is 0 Å². The van der Waals surface area contributed by atoms with Gasteiger partial charge in [0.25, 0.3) is 0 Å². The van der Waals surface area contributed by atoms with Crippen LogP contribution in [0.15, 0.2) is 0 Å². The Bertz CT molecular complexity index is 230. The summed E-state index contributed by atoms with van der Waals surface area (Å²) in [5, 5.41) is 36.6. The zero-order valence-electron chi connectivity index (χ0n) is 13.9. The molecule has 1 rings (SSSR count). The van der Waals surface area contributed by atoms with Crippen molar-refractivity contribution in [1.29, 1.82) is 0 Å². The summed E-state index contributed by atoms with van der Waals surface area (Å²) in [5.74, 6) is 0. The molecule has 0 aliphatic carbocycles. The van der Waals surface area contributed by atoms with Gasteiger partial charge in [0, 0.05) is 7.11 Å². The van der Waals surface area contributed by atoms with E-state index in [-0.39, 0.29) is 21.1 Å². The second-order valence-corrected chi connectivity index (χ2v) is 9.67. The Morgan fingerprint density at radius 2 is 1.50 bits per heavy atom. The maximum absolute atomic E-state index is 9.28. The van der Waals surface area contributed by atoms with Gasteiger partial charge in [-0.2, -0.15) is 0 Å². The summed E-state index contributed by atoms with van der Waals surface area (Å²) in [6.07, 6.45) is -0.0740. The third-order valence-corrected chi connectivity index (χ3v) is 7.53. The van der Waals surface area contributed by atoms with Gasteiger partial charge in [-0.15, -0.1) is 0 Å². The van der Waals surface area contributed by atoms with Crippen molar-refractivity contribution in [2.75, 3.05) is 13.7 Å². The van der Waals surface area contributed by atoms with Gasteiger partial charge in [-0.3, -0.25) is 0 Å². The molecular formula is C15H32O6Sn. The molecule has 0 aromatic carbocycles. The van der Waals surface area contributed by atoms with E-state index in [4.69, 9.17) is 14.6 Å². The van der Waals surface area contributed by atoms with E-state index < -0.39 is 37.3 Å². The monoisotopic (exact) mass is 428 g/mol. The van der Waals surface area contributed by atoms with Crippen LogP contribution in [0.3, 0.4) is 0 Å². The Morgan fingerprint density at radius 1 is 0.955 bits per heavy atom. The SMILES string of the molecule is CCC[CH2][Sn][CH2]CCC.CO[C@@H]1O[C@H](CO)[C@H](O)[C@H](O)[C@H]1O. The molecule has 6 nitrogen and oxygen atoms in total. The van der Waals surface area contributed by atoms with E-state index in [0.717, 1.165) is 0 Å². The Labute approximate surface area is 144 Å². The van der Waals surface area contributed by atoms with E-state index in [1.807, 2.05) is 0 Å². The minimum Gasteiger partial charge on any atom is -0.394 e. The van der Waals surface area contributed by atoms with Gasteiger partial charge in [0.05, 0.1) is 6.61 Å². The average Bonchev–Trinajstić information content (AvgIpc) is 2.54. The fourth-order valence-corrected chi connectivity index (χ4v) is 6.15. The molecule has 0 unspecified atom stereocenters. The van der Waals surface area contributed by atoms with E-state index in [9.17, 15) is 15.3 Å². The molecule has 0 saturated carbocycles. The summed E-state index contributed by atoms with van der Waals surface area (Å²) in [5.41, 5.74) is 0. The first kappa shape index (κ1) is 22.6. The number of aliphatic hydroxyl groups excluding tert-OH is 4. The van der Waals surface area contributed by atoms with Gasteiger partial charge in [0.15, 0.2) is 6.29 Å². The zero-order chi connectivity index (χ0) is 17.0. The van der Waals surface area contributed by atoms with Crippen molar-refractivity contribution in [1.82, 2.24) is 0 Å². The standard InChI is InChI=1S/C7H14O6.2C4H9.Sn/c1-12-7-6(11)5(10)4(9)3(2-8)13-7;2*1-3-4-2;/h3-11H,2H2,1H3;2*1,3-4H2,2H3;/t3-,4+,5+,6-,7-;;;/m1.../s1.